The molecule has 0 bridgehead atoms. The molecule has 6 heteroatoms. The minimum atomic E-state index is -0.791. The molecular weight excluding hydrogens is 424 g/mol. The van der Waals surface area contributed by atoms with Crippen LogP contribution in [0.25, 0.3) is 10.9 Å². The van der Waals surface area contributed by atoms with E-state index in [1.165, 1.54) is 7.11 Å². The maximum atomic E-state index is 13.9. The topological polar surface area (TPSA) is 62.4 Å². The molecule has 0 saturated carbocycles. The van der Waals surface area contributed by atoms with Gasteiger partial charge in [0.25, 0.3) is 5.91 Å². The molecule has 1 amide bonds. The van der Waals surface area contributed by atoms with Crippen molar-refractivity contribution in [1.82, 2.24) is 9.88 Å². The van der Waals surface area contributed by atoms with Crippen LogP contribution in [0.15, 0.2) is 78.9 Å². The monoisotopic (exact) mass is 444 g/mol. The minimum absolute atomic E-state index is 0.316. The average molecular weight is 445 g/mol. The SMILES string of the molecule is COC(=O)C1Cc2c([nH]c3ccccc23)C(c2ccccc2)N1C(=O)c1ccccc1Cl. The van der Waals surface area contributed by atoms with Crippen molar-refractivity contribution >= 4 is 34.4 Å². The molecule has 5 rings (SSSR count). The van der Waals surface area contributed by atoms with E-state index in [1.54, 1.807) is 29.2 Å². The number of hydrogen-bond donors (Lipinski definition) is 1. The second-order valence-electron chi connectivity index (χ2n) is 7.81. The van der Waals surface area contributed by atoms with E-state index in [0.717, 1.165) is 27.7 Å². The largest absolute Gasteiger partial charge is 0.467 e. The number of nitrogens with one attached hydrogen (secondary N) is 1. The number of benzene rings is 3. The summed E-state index contributed by atoms with van der Waals surface area (Å²) in [5.74, 6) is -0.772. The Labute approximate surface area is 190 Å². The van der Waals surface area contributed by atoms with Gasteiger partial charge in [-0.2, -0.15) is 0 Å². The summed E-state index contributed by atoms with van der Waals surface area (Å²) in [5, 5.41) is 1.39. The number of hydrogen-bond acceptors (Lipinski definition) is 3. The standard InChI is InChI=1S/C26H21ClN2O3/c1-32-26(31)22-15-19-17-11-6-8-14-21(17)28-23(19)24(16-9-3-2-4-10-16)29(22)25(30)18-12-5-7-13-20(18)27/h2-14,22,24,28H,15H2,1H3. The van der Waals surface area contributed by atoms with Gasteiger partial charge in [0.2, 0.25) is 0 Å². The highest BCUT2D eigenvalue weighted by Crippen LogP contribution is 2.42. The quantitative estimate of drug-likeness (QED) is 0.444. The van der Waals surface area contributed by atoms with Gasteiger partial charge in [-0.1, -0.05) is 72.3 Å². The molecule has 2 unspecified atom stereocenters. The average Bonchev–Trinajstić information content (AvgIpc) is 3.21. The minimum Gasteiger partial charge on any atom is -0.467 e. The van der Waals surface area contributed by atoms with Gasteiger partial charge in [0, 0.05) is 23.0 Å². The van der Waals surface area contributed by atoms with Gasteiger partial charge in [-0.05, 0) is 29.3 Å². The highest BCUT2D eigenvalue weighted by atomic mass is 35.5. The molecule has 2 atom stereocenters. The second-order valence-corrected chi connectivity index (χ2v) is 8.22. The van der Waals surface area contributed by atoms with Crippen molar-refractivity contribution in [2.45, 2.75) is 18.5 Å². The molecule has 2 heterocycles. The van der Waals surface area contributed by atoms with Crippen LogP contribution in [0.1, 0.15) is 33.2 Å². The van der Waals surface area contributed by atoms with Crippen LogP contribution >= 0.6 is 11.6 Å². The summed E-state index contributed by atoms with van der Waals surface area (Å²) in [6.07, 6.45) is 0.353. The fourth-order valence-electron chi connectivity index (χ4n) is 4.61. The lowest BCUT2D eigenvalue weighted by Gasteiger charge is -2.41. The molecule has 0 aliphatic carbocycles. The molecule has 4 aromatic rings. The van der Waals surface area contributed by atoms with E-state index in [-0.39, 0.29) is 5.91 Å². The maximum Gasteiger partial charge on any atom is 0.328 e. The van der Waals surface area contributed by atoms with E-state index in [9.17, 15) is 9.59 Å². The van der Waals surface area contributed by atoms with Gasteiger partial charge >= 0.3 is 5.97 Å². The van der Waals surface area contributed by atoms with Gasteiger partial charge in [-0.3, -0.25) is 4.79 Å². The van der Waals surface area contributed by atoms with Gasteiger partial charge in [0.1, 0.15) is 6.04 Å². The molecule has 1 aromatic heterocycles. The molecule has 0 radical (unpaired) electrons. The molecule has 3 aromatic carbocycles. The van der Waals surface area contributed by atoms with Crippen LogP contribution < -0.4 is 0 Å². The number of amides is 1. The molecule has 160 valence electrons. The Hall–Kier alpha value is -3.57. The first kappa shape index (κ1) is 20.3. The number of methoxy groups -OCH3 is 1. The number of para-hydroxylation sites is 1. The Morgan fingerprint density at radius 1 is 0.969 bits per heavy atom. The van der Waals surface area contributed by atoms with Crippen LogP contribution in [0.2, 0.25) is 5.02 Å². The van der Waals surface area contributed by atoms with Crippen LogP contribution in [-0.4, -0.2) is 34.9 Å². The summed E-state index contributed by atoms with van der Waals surface area (Å²) in [7, 11) is 1.35. The summed E-state index contributed by atoms with van der Waals surface area (Å²) >= 11 is 6.39. The van der Waals surface area contributed by atoms with Crippen molar-refractivity contribution in [2.75, 3.05) is 7.11 Å². The number of aromatic amines is 1. The van der Waals surface area contributed by atoms with Crippen molar-refractivity contribution in [3.8, 4) is 0 Å². The lowest BCUT2D eigenvalue weighted by Crippen LogP contribution is -2.52. The Balaban J connectivity index is 1.77. The molecule has 1 aliphatic heterocycles. The molecule has 0 saturated heterocycles. The third-order valence-corrected chi connectivity index (χ3v) is 6.39. The smallest absolute Gasteiger partial charge is 0.328 e. The second kappa shape index (κ2) is 8.17. The fourth-order valence-corrected chi connectivity index (χ4v) is 4.83. The van der Waals surface area contributed by atoms with E-state index in [0.29, 0.717) is 17.0 Å². The van der Waals surface area contributed by atoms with Crippen molar-refractivity contribution in [2.24, 2.45) is 0 Å². The van der Waals surface area contributed by atoms with Crippen molar-refractivity contribution in [3.63, 3.8) is 0 Å². The molecule has 5 nitrogen and oxygen atoms in total. The third kappa shape index (κ3) is 3.26. The summed E-state index contributed by atoms with van der Waals surface area (Å²) in [5.41, 5.74) is 4.14. The molecule has 0 spiro atoms. The zero-order chi connectivity index (χ0) is 22.2. The lowest BCUT2D eigenvalue weighted by molar-refractivity contribution is -0.147. The van der Waals surface area contributed by atoms with Crippen LogP contribution in [0, 0.1) is 0 Å². The zero-order valence-electron chi connectivity index (χ0n) is 17.4. The summed E-state index contributed by atoms with van der Waals surface area (Å²) in [4.78, 5) is 32.0. The Morgan fingerprint density at radius 3 is 2.41 bits per heavy atom. The van der Waals surface area contributed by atoms with Gasteiger partial charge in [-0.25, -0.2) is 4.79 Å². The third-order valence-electron chi connectivity index (χ3n) is 6.06. The van der Waals surface area contributed by atoms with E-state index in [2.05, 4.69) is 4.98 Å². The van der Waals surface area contributed by atoms with Crippen molar-refractivity contribution in [3.05, 3.63) is 106 Å². The number of H-pyrrole nitrogens is 1. The zero-order valence-corrected chi connectivity index (χ0v) is 18.2. The highest BCUT2D eigenvalue weighted by molar-refractivity contribution is 6.33. The molecule has 32 heavy (non-hydrogen) atoms. The molecule has 1 N–H and O–H groups in total. The van der Waals surface area contributed by atoms with E-state index in [4.69, 9.17) is 16.3 Å². The highest BCUT2D eigenvalue weighted by Gasteiger charge is 2.44. The lowest BCUT2D eigenvalue weighted by atomic mass is 9.87. The Kier molecular flexibility index (Phi) is 5.19. The number of halogens is 1. The molecular formula is C26H21ClN2O3. The van der Waals surface area contributed by atoms with Gasteiger partial charge < -0.3 is 14.6 Å². The number of esters is 1. The number of rotatable bonds is 3. The normalized spacial score (nSPS) is 17.8. The number of aromatic nitrogens is 1. The van der Waals surface area contributed by atoms with E-state index >= 15 is 0 Å². The van der Waals surface area contributed by atoms with E-state index in [1.807, 2.05) is 54.6 Å². The predicted molar refractivity (Wildman–Crippen MR) is 124 cm³/mol. The van der Waals surface area contributed by atoms with Crippen LogP contribution in [0.4, 0.5) is 0 Å². The first-order valence-corrected chi connectivity index (χ1v) is 10.8. The Morgan fingerprint density at radius 2 is 1.66 bits per heavy atom. The fraction of sp³-hybridized carbons (Fsp3) is 0.154. The number of fused-ring (bicyclic) bond motifs is 3. The number of carbonyl (C=O) groups excluding carboxylic acids is 2. The number of carbonyl (C=O) groups is 2. The predicted octanol–water partition coefficient (Wildman–Crippen LogP) is 5.15. The van der Waals surface area contributed by atoms with Crippen molar-refractivity contribution < 1.29 is 14.3 Å². The number of nitrogens with zero attached hydrogens (tertiary/aromatic N) is 1. The van der Waals surface area contributed by atoms with Crippen LogP contribution in [-0.2, 0) is 16.0 Å². The molecule has 0 fully saturated rings. The first-order valence-electron chi connectivity index (χ1n) is 10.4. The van der Waals surface area contributed by atoms with Crippen LogP contribution in [0.5, 0.6) is 0 Å². The van der Waals surface area contributed by atoms with Crippen LogP contribution in [0.3, 0.4) is 0 Å². The van der Waals surface area contributed by atoms with Crippen molar-refractivity contribution in [1.29, 1.82) is 0 Å². The number of ether oxygens (including phenoxy) is 1. The summed E-state index contributed by atoms with van der Waals surface area (Å²) in [6, 6.07) is 23.3. The van der Waals surface area contributed by atoms with Gasteiger partial charge in [0.15, 0.2) is 0 Å². The van der Waals surface area contributed by atoms with E-state index < -0.39 is 18.1 Å². The molecule has 1 aliphatic rings. The summed E-state index contributed by atoms with van der Waals surface area (Å²) < 4.78 is 5.15. The van der Waals surface area contributed by atoms with Gasteiger partial charge in [0.05, 0.1) is 23.7 Å². The van der Waals surface area contributed by atoms with Gasteiger partial charge in [-0.15, -0.1) is 0 Å². The first-order chi connectivity index (χ1) is 15.6. The Bertz CT molecular complexity index is 1320. The maximum absolute atomic E-state index is 13.9. The summed E-state index contributed by atoms with van der Waals surface area (Å²) in [6.45, 7) is 0.